The predicted molar refractivity (Wildman–Crippen MR) is 111 cm³/mol. The molecule has 0 bridgehead atoms. The Balaban J connectivity index is 1.47. The molecule has 26 heavy (non-hydrogen) atoms. The number of nitrogens with one attached hydrogen (secondary N) is 3. The molecule has 0 aliphatic carbocycles. The van der Waals surface area contributed by atoms with Crippen molar-refractivity contribution in [3.63, 3.8) is 0 Å². The lowest BCUT2D eigenvalue weighted by molar-refractivity contribution is 0.206. The summed E-state index contributed by atoms with van der Waals surface area (Å²) in [5.74, 6) is 0.926. The van der Waals surface area contributed by atoms with Crippen molar-refractivity contribution in [1.82, 2.24) is 20.5 Å². The van der Waals surface area contributed by atoms with Crippen molar-refractivity contribution < 1.29 is 0 Å². The summed E-state index contributed by atoms with van der Waals surface area (Å²) in [6.07, 6.45) is 6.76. The largest absolute Gasteiger partial charge is 0.361 e. The number of H-pyrrole nitrogens is 1. The fourth-order valence-electron chi connectivity index (χ4n) is 3.97. The summed E-state index contributed by atoms with van der Waals surface area (Å²) in [6.45, 7) is 8.93. The third-order valence-corrected chi connectivity index (χ3v) is 5.37. The van der Waals surface area contributed by atoms with Gasteiger partial charge in [-0.15, -0.1) is 0 Å². The topological polar surface area (TPSA) is 55.4 Å². The number of aromatic nitrogens is 1. The number of benzene rings is 1. The lowest BCUT2D eigenvalue weighted by Crippen LogP contribution is -2.49. The quantitative estimate of drug-likeness (QED) is 0.551. The lowest BCUT2D eigenvalue weighted by Gasteiger charge is -2.32. The molecule has 1 aromatic carbocycles. The standard InChI is InChI=1S/C21H33N5/c1-4-12-26-13-9-18(10-14-26)25-21(22-3)23-11-8-17-15-24-19-7-5-6-16(2)20(17)19/h5-7,15,18,24H,4,8-14H2,1-3H3,(H2,22,23,25). The molecule has 2 aromatic rings. The number of likely N-dealkylation sites (tertiary alicyclic amines) is 1. The number of aliphatic imine (C=N–C) groups is 1. The molecule has 3 N–H and O–H groups in total. The van der Waals surface area contributed by atoms with Crippen LogP contribution in [0, 0.1) is 6.92 Å². The van der Waals surface area contributed by atoms with Crippen LogP contribution in [0.1, 0.15) is 37.3 Å². The number of hydrogen-bond donors (Lipinski definition) is 3. The minimum atomic E-state index is 0.532. The summed E-state index contributed by atoms with van der Waals surface area (Å²) >= 11 is 0. The van der Waals surface area contributed by atoms with Crippen LogP contribution in [0.2, 0.25) is 0 Å². The maximum atomic E-state index is 4.41. The Hall–Kier alpha value is -2.01. The van der Waals surface area contributed by atoms with Gasteiger partial charge in [-0.25, -0.2) is 0 Å². The normalized spacial score (nSPS) is 17.0. The molecule has 5 heteroatoms. The summed E-state index contributed by atoms with van der Waals surface area (Å²) in [7, 11) is 1.86. The van der Waals surface area contributed by atoms with Crippen LogP contribution in [-0.2, 0) is 6.42 Å². The van der Waals surface area contributed by atoms with Crippen molar-refractivity contribution in [2.45, 2.75) is 45.6 Å². The number of aromatic amines is 1. The molecule has 142 valence electrons. The first kappa shape index (κ1) is 18.8. The molecule has 0 amide bonds. The van der Waals surface area contributed by atoms with Gasteiger partial charge in [0.2, 0.25) is 0 Å². The number of rotatable bonds is 6. The van der Waals surface area contributed by atoms with Gasteiger partial charge in [0.25, 0.3) is 0 Å². The van der Waals surface area contributed by atoms with Gasteiger partial charge >= 0.3 is 0 Å². The van der Waals surface area contributed by atoms with E-state index in [0.717, 1.165) is 18.9 Å². The maximum absolute atomic E-state index is 4.41. The molecule has 1 aliphatic heterocycles. The Bertz CT molecular complexity index is 725. The molecule has 0 atom stereocenters. The zero-order valence-corrected chi connectivity index (χ0v) is 16.4. The Kier molecular flexibility index (Phi) is 6.56. The summed E-state index contributed by atoms with van der Waals surface area (Å²) in [5, 5.41) is 8.45. The van der Waals surface area contributed by atoms with E-state index in [1.54, 1.807) is 0 Å². The first-order valence-corrected chi connectivity index (χ1v) is 9.96. The molecule has 1 aromatic heterocycles. The summed E-state index contributed by atoms with van der Waals surface area (Å²) in [6, 6.07) is 6.96. The monoisotopic (exact) mass is 355 g/mol. The molecule has 0 saturated carbocycles. The molecule has 1 saturated heterocycles. The van der Waals surface area contributed by atoms with Gasteiger partial charge in [-0.3, -0.25) is 4.99 Å². The molecule has 0 unspecified atom stereocenters. The van der Waals surface area contributed by atoms with E-state index in [-0.39, 0.29) is 0 Å². The molecule has 1 fully saturated rings. The number of hydrogen-bond acceptors (Lipinski definition) is 2. The van der Waals surface area contributed by atoms with Gasteiger partial charge in [0.05, 0.1) is 0 Å². The van der Waals surface area contributed by atoms with E-state index in [9.17, 15) is 0 Å². The summed E-state index contributed by atoms with van der Waals surface area (Å²) in [5.41, 5.74) is 3.93. The van der Waals surface area contributed by atoms with Gasteiger partial charge in [-0.05, 0) is 56.3 Å². The van der Waals surface area contributed by atoms with Crippen molar-refractivity contribution in [2.75, 3.05) is 33.2 Å². The number of piperidine rings is 1. The van der Waals surface area contributed by atoms with E-state index in [1.807, 2.05) is 7.05 Å². The second-order valence-electron chi connectivity index (χ2n) is 7.32. The molecule has 2 heterocycles. The Morgan fingerprint density at radius 3 is 2.85 bits per heavy atom. The maximum Gasteiger partial charge on any atom is 0.191 e. The lowest BCUT2D eigenvalue weighted by atomic mass is 10.0. The molecule has 0 radical (unpaired) electrons. The minimum Gasteiger partial charge on any atom is -0.361 e. The zero-order valence-electron chi connectivity index (χ0n) is 16.4. The van der Waals surface area contributed by atoms with Crippen LogP contribution in [-0.4, -0.2) is 55.1 Å². The summed E-state index contributed by atoms with van der Waals surface area (Å²) in [4.78, 5) is 10.4. The van der Waals surface area contributed by atoms with E-state index >= 15 is 0 Å². The zero-order chi connectivity index (χ0) is 18.4. The van der Waals surface area contributed by atoms with Gasteiger partial charge in [-0.2, -0.15) is 0 Å². The van der Waals surface area contributed by atoms with Crippen LogP contribution >= 0.6 is 0 Å². The van der Waals surface area contributed by atoms with Gasteiger partial charge in [0, 0.05) is 49.8 Å². The second-order valence-corrected chi connectivity index (χ2v) is 7.32. The Morgan fingerprint density at radius 2 is 2.12 bits per heavy atom. The van der Waals surface area contributed by atoms with E-state index in [1.165, 1.54) is 60.9 Å². The van der Waals surface area contributed by atoms with Crippen molar-refractivity contribution in [1.29, 1.82) is 0 Å². The van der Waals surface area contributed by atoms with Gasteiger partial charge in [0.15, 0.2) is 5.96 Å². The van der Waals surface area contributed by atoms with Gasteiger partial charge < -0.3 is 20.5 Å². The third kappa shape index (κ3) is 4.58. The van der Waals surface area contributed by atoms with Crippen molar-refractivity contribution in [2.24, 2.45) is 4.99 Å². The van der Waals surface area contributed by atoms with Crippen LogP contribution < -0.4 is 10.6 Å². The number of aryl methyl sites for hydroxylation is 1. The minimum absolute atomic E-state index is 0.532. The molecular weight excluding hydrogens is 322 g/mol. The third-order valence-electron chi connectivity index (χ3n) is 5.37. The average molecular weight is 356 g/mol. The highest BCUT2D eigenvalue weighted by atomic mass is 15.2. The van der Waals surface area contributed by atoms with Crippen LogP contribution in [0.25, 0.3) is 10.9 Å². The second kappa shape index (κ2) is 9.08. The van der Waals surface area contributed by atoms with E-state index in [2.05, 4.69) is 63.8 Å². The fraction of sp³-hybridized carbons (Fsp3) is 0.571. The van der Waals surface area contributed by atoms with Crippen molar-refractivity contribution in [3.8, 4) is 0 Å². The van der Waals surface area contributed by atoms with Crippen LogP contribution in [0.5, 0.6) is 0 Å². The van der Waals surface area contributed by atoms with E-state index in [0.29, 0.717) is 6.04 Å². The Morgan fingerprint density at radius 1 is 1.31 bits per heavy atom. The highest BCUT2D eigenvalue weighted by molar-refractivity contribution is 5.86. The molecule has 1 aliphatic rings. The van der Waals surface area contributed by atoms with E-state index < -0.39 is 0 Å². The van der Waals surface area contributed by atoms with Crippen molar-refractivity contribution in [3.05, 3.63) is 35.5 Å². The summed E-state index contributed by atoms with van der Waals surface area (Å²) < 4.78 is 0. The van der Waals surface area contributed by atoms with Crippen LogP contribution in [0.3, 0.4) is 0 Å². The SMILES string of the molecule is CCCN1CCC(NC(=NC)NCCc2c[nH]c3cccc(C)c23)CC1. The predicted octanol–water partition coefficient (Wildman–Crippen LogP) is 3.06. The van der Waals surface area contributed by atoms with Crippen LogP contribution in [0.4, 0.5) is 0 Å². The van der Waals surface area contributed by atoms with Crippen LogP contribution in [0.15, 0.2) is 29.4 Å². The Labute approximate surface area is 157 Å². The highest BCUT2D eigenvalue weighted by Crippen LogP contribution is 2.22. The average Bonchev–Trinajstić information content (AvgIpc) is 3.07. The van der Waals surface area contributed by atoms with Gasteiger partial charge in [0.1, 0.15) is 0 Å². The number of nitrogens with zero attached hydrogens (tertiary/aromatic N) is 2. The molecule has 0 spiro atoms. The van der Waals surface area contributed by atoms with Gasteiger partial charge in [-0.1, -0.05) is 19.1 Å². The first-order chi connectivity index (χ1) is 12.7. The smallest absolute Gasteiger partial charge is 0.191 e. The number of fused-ring (bicyclic) bond motifs is 1. The number of guanidine groups is 1. The van der Waals surface area contributed by atoms with Crippen molar-refractivity contribution >= 4 is 16.9 Å². The molecule has 3 rings (SSSR count). The highest BCUT2D eigenvalue weighted by Gasteiger charge is 2.19. The van der Waals surface area contributed by atoms with E-state index in [4.69, 9.17) is 0 Å². The molecule has 5 nitrogen and oxygen atoms in total. The molecular formula is C21H33N5. The fourth-order valence-corrected chi connectivity index (χ4v) is 3.97. The first-order valence-electron chi connectivity index (χ1n) is 9.96.